The van der Waals surface area contributed by atoms with Crippen LogP contribution in [-0.2, 0) is 4.74 Å². The van der Waals surface area contributed by atoms with Gasteiger partial charge in [0.15, 0.2) is 0 Å². The van der Waals surface area contributed by atoms with Gasteiger partial charge >= 0.3 is 0 Å². The lowest BCUT2D eigenvalue weighted by atomic mass is 10.0. The Labute approximate surface area is 117 Å². The van der Waals surface area contributed by atoms with Crippen molar-refractivity contribution in [2.45, 2.75) is 31.1 Å². The van der Waals surface area contributed by atoms with Crippen molar-refractivity contribution < 1.29 is 9.13 Å². The number of hydrogen-bond acceptors (Lipinski definition) is 3. The summed E-state index contributed by atoms with van der Waals surface area (Å²) in [6.07, 6.45) is 2.87. The van der Waals surface area contributed by atoms with Crippen LogP contribution in [0.15, 0.2) is 18.2 Å². The van der Waals surface area contributed by atoms with Crippen LogP contribution in [0.25, 0.3) is 0 Å². The molecule has 0 aliphatic carbocycles. The second kappa shape index (κ2) is 5.37. The summed E-state index contributed by atoms with van der Waals surface area (Å²) in [6.45, 7) is 2.24. The van der Waals surface area contributed by atoms with Gasteiger partial charge in [-0.05, 0) is 30.5 Å². The quantitative estimate of drug-likeness (QED) is 0.926. The van der Waals surface area contributed by atoms with E-state index in [1.54, 1.807) is 6.07 Å². The number of nitrogens with two attached hydrogens (primary N) is 1. The lowest BCUT2D eigenvalue weighted by Gasteiger charge is -2.38. The molecule has 2 aliphatic rings. The monoisotopic (exact) mass is 284 g/mol. The van der Waals surface area contributed by atoms with Crippen LogP contribution in [0.1, 0.15) is 24.4 Å². The molecule has 19 heavy (non-hydrogen) atoms. The number of morpholine rings is 1. The summed E-state index contributed by atoms with van der Waals surface area (Å²) in [6, 6.07) is 4.58. The highest BCUT2D eigenvalue weighted by atomic mass is 35.5. The van der Waals surface area contributed by atoms with E-state index in [0.29, 0.717) is 23.8 Å². The van der Waals surface area contributed by atoms with Crippen molar-refractivity contribution in [2.75, 3.05) is 19.6 Å². The van der Waals surface area contributed by atoms with E-state index in [1.807, 2.05) is 0 Å². The molecule has 1 aromatic rings. The van der Waals surface area contributed by atoms with Crippen LogP contribution in [0.3, 0.4) is 0 Å². The Hall–Kier alpha value is -0.680. The summed E-state index contributed by atoms with van der Waals surface area (Å²) in [5.41, 5.74) is 6.83. The van der Waals surface area contributed by atoms with E-state index in [0.717, 1.165) is 31.5 Å². The first-order valence-electron chi connectivity index (χ1n) is 6.72. The Kier molecular flexibility index (Phi) is 3.76. The van der Waals surface area contributed by atoms with Gasteiger partial charge in [0, 0.05) is 30.7 Å². The molecule has 2 fully saturated rings. The summed E-state index contributed by atoms with van der Waals surface area (Å²) in [5.74, 6) is -0.313. The zero-order valence-electron chi connectivity index (χ0n) is 10.7. The second-order valence-corrected chi connectivity index (χ2v) is 5.74. The highest BCUT2D eigenvalue weighted by molar-refractivity contribution is 6.31. The van der Waals surface area contributed by atoms with Gasteiger partial charge in [-0.2, -0.15) is 0 Å². The summed E-state index contributed by atoms with van der Waals surface area (Å²) < 4.78 is 19.0. The number of likely N-dealkylation sites (tertiary alicyclic amines) is 1. The van der Waals surface area contributed by atoms with Crippen LogP contribution < -0.4 is 5.73 Å². The first-order valence-corrected chi connectivity index (χ1v) is 7.09. The van der Waals surface area contributed by atoms with E-state index >= 15 is 0 Å². The normalized spacial score (nSPS) is 28.6. The Morgan fingerprint density at radius 1 is 1.37 bits per heavy atom. The van der Waals surface area contributed by atoms with Crippen molar-refractivity contribution in [3.8, 4) is 0 Å². The van der Waals surface area contributed by atoms with Gasteiger partial charge in [-0.15, -0.1) is 0 Å². The fourth-order valence-corrected chi connectivity index (χ4v) is 3.44. The summed E-state index contributed by atoms with van der Waals surface area (Å²) in [5, 5.41) is 0.453. The molecule has 0 saturated carbocycles. The van der Waals surface area contributed by atoms with Crippen LogP contribution in [0.5, 0.6) is 0 Å². The highest BCUT2D eigenvalue weighted by Crippen LogP contribution is 2.34. The van der Waals surface area contributed by atoms with E-state index in [2.05, 4.69) is 4.90 Å². The lowest BCUT2D eigenvalue weighted by molar-refractivity contribution is -0.0521. The zero-order valence-corrected chi connectivity index (χ0v) is 11.4. The molecule has 3 rings (SSSR count). The molecule has 3 atom stereocenters. The van der Waals surface area contributed by atoms with Gasteiger partial charge in [-0.1, -0.05) is 17.7 Å². The predicted molar refractivity (Wildman–Crippen MR) is 72.7 cm³/mol. The molecule has 2 saturated heterocycles. The Morgan fingerprint density at radius 2 is 2.05 bits per heavy atom. The summed E-state index contributed by atoms with van der Waals surface area (Å²) in [4.78, 5) is 2.32. The molecule has 5 heteroatoms. The topological polar surface area (TPSA) is 38.5 Å². The third-order valence-electron chi connectivity index (χ3n) is 4.06. The predicted octanol–water partition coefficient (Wildman–Crippen LogP) is 2.34. The Bertz CT molecular complexity index is 459. The summed E-state index contributed by atoms with van der Waals surface area (Å²) >= 11 is 6.16. The molecular formula is C14H18ClFN2O. The number of nitrogens with zero attached hydrogens (tertiary/aromatic N) is 1. The fourth-order valence-electron chi connectivity index (χ4n) is 3.15. The van der Waals surface area contributed by atoms with E-state index in [9.17, 15) is 4.39 Å². The number of rotatable bonds is 3. The first-order chi connectivity index (χ1) is 9.17. The van der Waals surface area contributed by atoms with E-state index in [4.69, 9.17) is 22.1 Å². The molecule has 2 heterocycles. The molecule has 0 radical (unpaired) electrons. The van der Waals surface area contributed by atoms with Gasteiger partial charge in [-0.3, -0.25) is 4.90 Å². The summed E-state index contributed by atoms with van der Waals surface area (Å²) in [7, 11) is 0. The van der Waals surface area contributed by atoms with Crippen molar-refractivity contribution in [1.29, 1.82) is 0 Å². The average Bonchev–Trinajstić information content (AvgIpc) is 2.72. The number of benzene rings is 1. The van der Waals surface area contributed by atoms with Gasteiger partial charge in [0.2, 0.25) is 0 Å². The van der Waals surface area contributed by atoms with Crippen LogP contribution >= 0.6 is 11.6 Å². The minimum Gasteiger partial charge on any atom is -0.372 e. The average molecular weight is 285 g/mol. The molecule has 3 unspecified atom stereocenters. The number of halogens is 2. The van der Waals surface area contributed by atoms with Crippen LogP contribution in [-0.4, -0.2) is 36.7 Å². The van der Waals surface area contributed by atoms with Crippen molar-refractivity contribution in [3.63, 3.8) is 0 Å². The smallest absolute Gasteiger partial charge is 0.124 e. The molecule has 104 valence electrons. The molecule has 0 amide bonds. The van der Waals surface area contributed by atoms with Gasteiger partial charge in [0.05, 0.1) is 12.2 Å². The molecule has 2 bridgehead atoms. The molecule has 2 N–H and O–H groups in total. The van der Waals surface area contributed by atoms with Gasteiger partial charge in [0.25, 0.3) is 0 Å². The Morgan fingerprint density at radius 3 is 2.63 bits per heavy atom. The standard InChI is InChI=1S/C14H18ClFN2O/c15-13-5-9(16)1-4-12(13)14(6-17)18-7-10-2-3-11(8-18)19-10/h1,4-5,10-11,14H,2-3,6-8,17H2. The van der Waals surface area contributed by atoms with Crippen molar-refractivity contribution >= 4 is 11.6 Å². The molecule has 3 nitrogen and oxygen atoms in total. The Balaban J connectivity index is 1.83. The van der Waals surface area contributed by atoms with Crippen molar-refractivity contribution in [3.05, 3.63) is 34.6 Å². The van der Waals surface area contributed by atoms with Gasteiger partial charge in [0.1, 0.15) is 5.82 Å². The molecule has 0 spiro atoms. The third kappa shape index (κ3) is 2.63. The largest absolute Gasteiger partial charge is 0.372 e. The first kappa shape index (κ1) is 13.3. The third-order valence-corrected chi connectivity index (χ3v) is 4.38. The second-order valence-electron chi connectivity index (χ2n) is 5.33. The lowest BCUT2D eigenvalue weighted by Crippen LogP contribution is -2.46. The minimum atomic E-state index is -0.313. The maximum absolute atomic E-state index is 13.1. The SMILES string of the molecule is NCC(c1ccc(F)cc1Cl)N1CC2CCC(C1)O2. The maximum atomic E-state index is 13.1. The molecular weight excluding hydrogens is 267 g/mol. The maximum Gasteiger partial charge on any atom is 0.124 e. The van der Waals surface area contributed by atoms with E-state index < -0.39 is 0 Å². The number of hydrogen-bond donors (Lipinski definition) is 1. The van der Waals surface area contributed by atoms with E-state index in [1.165, 1.54) is 12.1 Å². The molecule has 0 aromatic heterocycles. The zero-order chi connectivity index (χ0) is 13.4. The van der Waals surface area contributed by atoms with Crippen molar-refractivity contribution in [2.24, 2.45) is 5.73 Å². The number of fused-ring (bicyclic) bond motifs is 2. The highest BCUT2D eigenvalue weighted by Gasteiger charge is 2.36. The van der Waals surface area contributed by atoms with Crippen LogP contribution in [0.4, 0.5) is 4.39 Å². The molecule has 2 aliphatic heterocycles. The van der Waals surface area contributed by atoms with Gasteiger partial charge in [-0.25, -0.2) is 4.39 Å². The van der Waals surface area contributed by atoms with Crippen molar-refractivity contribution in [1.82, 2.24) is 4.90 Å². The fraction of sp³-hybridized carbons (Fsp3) is 0.571. The van der Waals surface area contributed by atoms with Gasteiger partial charge < -0.3 is 10.5 Å². The van der Waals surface area contributed by atoms with Crippen LogP contribution in [0, 0.1) is 5.82 Å². The molecule has 1 aromatic carbocycles. The van der Waals surface area contributed by atoms with E-state index in [-0.39, 0.29) is 11.9 Å². The van der Waals surface area contributed by atoms with Crippen LogP contribution in [0.2, 0.25) is 5.02 Å². The number of ether oxygens (including phenoxy) is 1. The minimum absolute atomic E-state index is 0.0418.